The summed E-state index contributed by atoms with van der Waals surface area (Å²) in [5, 5.41) is 0. The molecule has 0 radical (unpaired) electrons. The lowest BCUT2D eigenvalue weighted by molar-refractivity contribution is 0.538. The van der Waals surface area contributed by atoms with E-state index in [-0.39, 0.29) is 5.69 Å². The Morgan fingerprint density at radius 3 is 2.25 bits per heavy atom. The quantitative estimate of drug-likeness (QED) is 0.642. The van der Waals surface area contributed by atoms with Gasteiger partial charge < -0.3 is 4.98 Å². The molecule has 0 fully saturated rings. The molecule has 1 aromatic rings. The van der Waals surface area contributed by atoms with E-state index in [4.69, 9.17) is 0 Å². The third kappa shape index (κ3) is 5.19. The summed E-state index contributed by atoms with van der Waals surface area (Å²) in [5.74, 6) is 0. The summed E-state index contributed by atoms with van der Waals surface area (Å²) in [6.07, 6.45) is 14.0. The molecule has 1 N–H and O–H groups in total. The van der Waals surface area contributed by atoms with E-state index >= 15 is 0 Å². The summed E-state index contributed by atoms with van der Waals surface area (Å²) >= 11 is 0. The maximum atomic E-state index is 11.2. The van der Waals surface area contributed by atoms with Crippen LogP contribution >= 0.6 is 0 Å². The van der Waals surface area contributed by atoms with Gasteiger partial charge in [-0.2, -0.15) is 0 Å². The molecular formula is C13H24N2O. The number of imidazole rings is 1. The standard InChI is InChI=1S/C13H24N2O/c1-2-3-4-5-6-7-8-9-11-15-12-10-14-13(15)16/h10,12H,2-9,11H2,1H3,(H,14,16). The summed E-state index contributed by atoms with van der Waals surface area (Å²) in [7, 11) is 0. The van der Waals surface area contributed by atoms with E-state index in [0.29, 0.717) is 0 Å². The number of nitrogens with zero attached hydrogens (tertiary/aromatic N) is 1. The lowest BCUT2D eigenvalue weighted by Gasteiger charge is -2.02. The van der Waals surface area contributed by atoms with Crippen molar-refractivity contribution in [2.75, 3.05) is 0 Å². The predicted molar refractivity (Wildman–Crippen MR) is 67.7 cm³/mol. The lowest BCUT2D eigenvalue weighted by atomic mass is 10.1. The highest BCUT2D eigenvalue weighted by Gasteiger charge is 1.95. The number of unbranched alkanes of at least 4 members (excludes halogenated alkanes) is 7. The van der Waals surface area contributed by atoms with Crippen LogP contribution in [0.1, 0.15) is 58.3 Å². The normalized spacial score (nSPS) is 10.8. The minimum atomic E-state index is 0.0166. The molecule has 3 heteroatoms. The predicted octanol–water partition coefficient (Wildman–Crippen LogP) is 3.32. The largest absolute Gasteiger partial charge is 0.325 e. The fourth-order valence-electron chi connectivity index (χ4n) is 1.94. The first-order valence-electron chi connectivity index (χ1n) is 6.58. The molecule has 0 saturated carbocycles. The summed E-state index contributed by atoms with van der Waals surface area (Å²) in [5.41, 5.74) is 0.0166. The second kappa shape index (κ2) is 8.20. The molecule has 0 spiro atoms. The van der Waals surface area contributed by atoms with Gasteiger partial charge >= 0.3 is 5.69 Å². The van der Waals surface area contributed by atoms with E-state index in [0.717, 1.165) is 13.0 Å². The van der Waals surface area contributed by atoms with Gasteiger partial charge in [-0.15, -0.1) is 0 Å². The Bertz CT molecular complexity index is 314. The molecule has 1 aromatic heterocycles. The highest BCUT2D eigenvalue weighted by atomic mass is 16.1. The number of aryl methyl sites for hydroxylation is 1. The van der Waals surface area contributed by atoms with E-state index in [2.05, 4.69) is 11.9 Å². The van der Waals surface area contributed by atoms with Crippen LogP contribution in [-0.2, 0) is 6.54 Å². The molecule has 92 valence electrons. The van der Waals surface area contributed by atoms with Crippen LogP contribution < -0.4 is 5.69 Å². The maximum absolute atomic E-state index is 11.2. The van der Waals surface area contributed by atoms with Gasteiger partial charge in [-0.1, -0.05) is 51.9 Å². The topological polar surface area (TPSA) is 37.8 Å². The zero-order valence-electron chi connectivity index (χ0n) is 10.4. The average molecular weight is 224 g/mol. The Balaban J connectivity index is 1.93. The Morgan fingerprint density at radius 2 is 1.69 bits per heavy atom. The van der Waals surface area contributed by atoms with E-state index in [1.165, 1.54) is 44.9 Å². The molecule has 0 bridgehead atoms. The first-order chi connectivity index (χ1) is 7.84. The lowest BCUT2D eigenvalue weighted by Crippen LogP contribution is -2.15. The van der Waals surface area contributed by atoms with Crippen molar-refractivity contribution in [1.29, 1.82) is 0 Å². The third-order valence-electron chi connectivity index (χ3n) is 2.97. The molecule has 0 saturated heterocycles. The Kier molecular flexibility index (Phi) is 6.70. The summed E-state index contributed by atoms with van der Waals surface area (Å²) in [6, 6.07) is 0. The van der Waals surface area contributed by atoms with Gasteiger partial charge in [0.15, 0.2) is 0 Å². The van der Waals surface area contributed by atoms with Crippen LogP contribution in [0.5, 0.6) is 0 Å². The van der Waals surface area contributed by atoms with Gasteiger partial charge in [-0.3, -0.25) is 4.57 Å². The Hall–Kier alpha value is -0.990. The molecule has 1 heterocycles. The summed E-state index contributed by atoms with van der Waals surface area (Å²) in [4.78, 5) is 13.8. The number of aromatic nitrogens is 2. The fraction of sp³-hybridized carbons (Fsp3) is 0.769. The van der Waals surface area contributed by atoms with Crippen LogP contribution in [-0.4, -0.2) is 9.55 Å². The van der Waals surface area contributed by atoms with Crippen molar-refractivity contribution in [3.8, 4) is 0 Å². The smallest absolute Gasteiger partial charge is 0.313 e. The van der Waals surface area contributed by atoms with E-state index in [1.807, 2.05) is 6.20 Å². The Labute approximate surface area is 97.9 Å². The van der Waals surface area contributed by atoms with Gasteiger partial charge in [0.2, 0.25) is 0 Å². The number of rotatable bonds is 9. The Morgan fingerprint density at radius 1 is 1.06 bits per heavy atom. The number of hydrogen-bond acceptors (Lipinski definition) is 1. The van der Waals surface area contributed by atoms with Crippen molar-refractivity contribution < 1.29 is 0 Å². The number of hydrogen-bond donors (Lipinski definition) is 1. The molecule has 0 aliphatic rings. The molecule has 0 aliphatic heterocycles. The van der Waals surface area contributed by atoms with Crippen molar-refractivity contribution in [3.63, 3.8) is 0 Å². The van der Waals surface area contributed by atoms with Crippen molar-refractivity contribution >= 4 is 0 Å². The number of H-pyrrole nitrogens is 1. The average Bonchev–Trinajstić information content (AvgIpc) is 2.68. The minimum absolute atomic E-state index is 0.0166. The molecule has 0 atom stereocenters. The maximum Gasteiger partial charge on any atom is 0.325 e. The van der Waals surface area contributed by atoms with E-state index < -0.39 is 0 Å². The SMILES string of the molecule is CCCCCCCCCCn1cc[nH]c1=O. The third-order valence-corrected chi connectivity index (χ3v) is 2.97. The van der Waals surface area contributed by atoms with Crippen LogP contribution in [0.4, 0.5) is 0 Å². The van der Waals surface area contributed by atoms with E-state index in [1.54, 1.807) is 10.8 Å². The van der Waals surface area contributed by atoms with Crippen molar-refractivity contribution in [2.24, 2.45) is 0 Å². The van der Waals surface area contributed by atoms with Crippen molar-refractivity contribution in [1.82, 2.24) is 9.55 Å². The molecule has 0 aromatic carbocycles. The van der Waals surface area contributed by atoms with Crippen molar-refractivity contribution in [3.05, 3.63) is 22.9 Å². The first-order valence-corrected chi connectivity index (χ1v) is 6.58. The first kappa shape index (κ1) is 13.1. The van der Waals surface area contributed by atoms with Crippen LogP contribution in [0.25, 0.3) is 0 Å². The second-order valence-electron chi connectivity index (χ2n) is 4.43. The minimum Gasteiger partial charge on any atom is -0.313 e. The number of nitrogens with one attached hydrogen (secondary N) is 1. The fourth-order valence-corrected chi connectivity index (χ4v) is 1.94. The molecular weight excluding hydrogens is 200 g/mol. The van der Waals surface area contributed by atoms with Gasteiger partial charge in [0, 0.05) is 18.9 Å². The highest BCUT2D eigenvalue weighted by molar-refractivity contribution is 4.75. The molecule has 0 amide bonds. The summed E-state index contributed by atoms with van der Waals surface area (Å²) < 4.78 is 1.75. The molecule has 16 heavy (non-hydrogen) atoms. The molecule has 0 unspecified atom stereocenters. The zero-order chi connectivity index (χ0) is 11.6. The molecule has 3 nitrogen and oxygen atoms in total. The van der Waals surface area contributed by atoms with Crippen LogP contribution in [0.2, 0.25) is 0 Å². The van der Waals surface area contributed by atoms with Gasteiger partial charge in [0.1, 0.15) is 0 Å². The van der Waals surface area contributed by atoms with Crippen LogP contribution in [0.15, 0.2) is 17.2 Å². The van der Waals surface area contributed by atoms with E-state index in [9.17, 15) is 4.79 Å². The zero-order valence-corrected chi connectivity index (χ0v) is 10.4. The summed E-state index contributed by atoms with van der Waals surface area (Å²) in [6.45, 7) is 3.10. The van der Waals surface area contributed by atoms with Gasteiger partial charge in [0.05, 0.1) is 0 Å². The monoisotopic (exact) mass is 224 g/mol. The van der Waals surface area contributed by atoms with Crippen molar-refractivity contribution in [2.45, 2.75) is 64.8 Å². The van der Waals surface area contributed by atoms with Crippen LogP contribution in [0, 0.1) is 0 Å². The second-order valence-corrected chi connectivity index (χ2v) is 4.43. The van der Waals surface area contributed by atoms with Crippen LogP contribution in [0.3, 0.4) is 0 Å². The van der Waals surface area contributed by atoms with Gasteiger partial charge in [-0.25, -0.2) is 4.79 Å². The number of aromatic amines is 1. The van der Waals surface area contributed by atoms with Gasteiger partial charge in [0.25, 0.3) is 0 Å². The highest BCUT2D eigenvalue weighted by Crippen LogP contribution is 2.08. The molecule has 0 aliphatic carbocycles. The van der Waals surface area contributed by atoms with Gasteiger partial charge in [-0.05, 0) is 6.42 Å². The molecule has 1 rings (SSSR count).